The second-order valence-corrected chi connectivity index (χ2v) is 5.46. The molecule has 1 amide bonds. The van der Waals surface area contributed by atoms with Gasteiger partial charge in [-0.25, -0.2) is 0 Å². The van der Waals surface area contributed by atoms with Gasteiger partial charge in [0.25, 0.3) is 0 Å². The number of nitrogens with zero attached hydrogens (tertiary/aromatic N) is 3. The average molecular weight is 340 g/mol. The monoisotopic (exact) mass is 340 g/mol. The van der Waals surface area contributed by atoms with Crippen LogP contribution in [-0.2, 0) is 17.5 Å². The first-order valence-electron chi connectivity index (χ1n) is 7.33. The zero-order valence-electron chi connectivity index (χ0n) is 12.8. The predicted octanol–water partition coefficient (Wildman–Crippen LogP) is 2.07. The minimum Gasteiger partial charge on any atom is -0.424 e. The number of benzene rings is 1. The van der Waals surface area contributed by atoms with Crippen molar-refractivity contribution >= 4 is 5.91 Å². The molecule has 1 aromatic carbocycles. The van der Waals surface area contributed by atoms with E-state index in [0.717, 1.165) is 6.07 Å². The van der Waals surface area contributed by atoms with E-state index in [1.54, 1.807) is 11.8 Å². The van der Waals surface area contributed by atoms with Crippen LogP contribution in [0.15, 0.2) is 28.7 Å². The minimum absolute atomic E-state index is 0.0848. The molecule has 1 saturated heterocycles. The molecule has 0 spiro atoms. The second kappa shape index (κ2) is 6.23. The number of halogens is 3. The minimum atomic E-state index is -4.54. The number of carbonyl (C=O) groups excluding carboxylic acids is 1. The molecule has 0 bridgehead atoms. The fourth-order valence-corrected chi connectivity index (χ4v) is 2.79. The number of nitrogens with one attached hydrogen (secondary N) is 1. The summed E-state index contributed by atoms with van der Waals surface area (Å²) in [6, 6.07) is 4.03. The van der Waals surface area contributed by atoms with Crippen molar-refractivity contribution in [3.63, 3.8) is 0 Å². The summed E-state index contributed by atoms with van der Waals surface area (Å²) >= 11 is 0. The smallest absolute Gasteiger partial charge is 0.416 e. The summed E-state index contributed by atoms with van der Waals surface area (Å²) in [7, 11) is 0. The molecule has 1 N–H and O–H groups in total. The van der Waals surface area contributed by atoms with Crippen molar-refractivity contribution in [1.29, 1.82) is 0 Å². The van der Waals surface area contributed by atoms with E-state index in [-0.39, 0.29) is 18.0 Å². The van der Waals surface area contributed by atoms with Crippen LogP contribution in [0, 0.1) is 6.92 Å². The number of amides is 1. The Bertz CT molecular complexity index is 744. The van der Waals surface area contributed by atoms with Crippen molar-refractivity contribution in [2.24, 2.45) is 0 Å². The number of aromatic nitrogens is 2. The second-order valence-electron chi connectivity index (χ2n) is 5.46. The highest BCUT2D eigenvalue weighted by Crippen LogP contribution is 2.37. The molecule has 0 aliphatic carbocycles. The molecule has 24 heavy (non-hydrogen) atoms. The maximum absolute atomic E-state index is 13.3. The molecule has 1 aliphatic heterocycles. The van der Waals surface area contributed by atoms with E-state index < -0.39 is 23.7 Å². The Hall–Kier alpha value is -2.42. The molecule has 1 unspecified atom stereocenters. The van der Waals surface area contributed by atoms with Crippen molar-refractivity contribution in [2.75, 3.05) is 13.1 Å². The molecule has 2 heterocycles. The lowest BCUT2D eigenvalue weighted by atomic mass is 9.96. The third-order valence-corrected chi connectivity index (χ3v) is 3.78. The molecule has 1 atom stereocenters. The van der Waals surface area contributed by atoms with E-state index in [1.165, 1.54) is 18.2 Å². The van der Waals surface area contributed by atoms with E-state index in [2.05, 4.69) is 15.5 Å². The molecule has 6 nitrogen and oxygen atoms in total. The molecular formula is C15H15F3N4O2. The Morgan fingerprint density at radius 2 is 2.08 bits per heavy atom. The van der Waals surface area contributed by atoms with Crippen molar-refractivity contribution in [3.05, 3.63) is 47.2 Å². The zero-order valence-corrected chi connectivity index (χ0v) is 12.8. The van der Waals surface area contributed by atoms with Crippen molar-refractivity contribution < 1.29 is 22.4 Å². The van der Waals surface area contributed by atoms with Crippen LogP contribution in [0.2, 0.25) is 0 Å². The Kier molecular flexibility index (Phi) is 4.27. The van der Waals surface area contributed by atoms with Gasteiger partial charge in [-0.05, 0) is 11.6 Å². The molecule has 2 aromatic rings. The van der Waals surface area contributed by atoms with Crippen LogP contribution in [0.1, 0.15) is 29.0 Å². The number of piperazine rings is 1. The third kappa shape index (κ3) is 3.25. The van der Waals surface area contributed by atoms with Crippen LogP contribution in [-0.4, -0.2) is 34.1 Å². The van der Waals surface area contributed by atoms with Crippen molar-refractivity contribution in [3.8, 4) is 0 Å². The maximum Gasteiger partial charge on any atom is 0.416 e. The molecule has 0 radical (unpaired) electrons. The van der Waals surface area contributed by atoms with Gasteiger partial charge in [0.2, 0.25) is 17.7 Å². The van der Waals surface area contributed by atoms with Crippen LogP contribution in [0.25, 0.3) is 0 Å². The fourth-order valence-electron chi connectivity index (χ4n) is 2.79. The van der Waals surface area contributed by atoms with Crippen LogP contribution < -0.4 is 5.32 Å². The highest BCUT2D eigenvalue weighted by molar-refractivity contribution is 5.84. The van der Waals surface area contributed by atoms with E-state index in [4.69, 9.17) is 4.42 Å². The fraction of sp³-hybridized carbons (Fsp3) is 0.400. The number of rotatable bonds is 3. The lowest BCUT2D eigenvalue weighted by Gasteiger charge is -2.35. The first-order valence-corrected chi connectivity index (χ1v) is 7.33. The summed E-state index contributed by atoms with van der Waals surface area (Å²) in [5, 5.41) is 10.2. The summed E-state index contributed by atoms with van der Waals surface area (Å²) in [6.07, 6.45) is -4.54. The normalized spacial score (nSPS) is 19.3. The van der Waals surface area contributed by atoms with Gasteiger partial charge in [0, 0.05) is 20.0 Å². The summed E-state index contributed by atoms with van der Waals surface area (Å²) < 4.78 is 45.2. The maximum atomic E-state index is 13.3. The zero-order chi connectivity index (χ0) is 17.3. The third-order valence-electron chi connectivity index (χ3n) is 3.78. The van der Waals surface area contributed by atoms with Gasteiger partial charge >= 0.3 is 6.18 Å². The number of hydrogen-bond donors (Lipinski definition) is 1. The van der Waals surface area contributed by atoms with Crippen LogP contribution in [0.3, 0.4) is 0 Å². The van der Waals surface area contributed by atoms with Crippen molar-refractivity contribution in [1.82, 2.24) is 20.4 Å². The molecule has 9 heteroatoms. The van der Waals surface area contributed by atoms with Gasteiger partial charge in [-0.2, -0.15) is 13.2 Å². The molecule has 1 aliphatic rings. The molecule has 1 fully saturated rings. The number of hydrogen-bond acceptors (Lipinski definition) is 5. The number of aryl methyl sites for hydroxylation is 1. The molecule has 1 aromatic heterocycles. The Morgan fingerprint density at radius 3 is 2.75 bits per heavy atom. The van der Waals surface area contributed by atoms with E-state index in [0.29, 0.717) is 19.0 Å². The number of carbonyl (C=O) groups is 1. The Balaban J connectivity index is 1.97. The van der Waals surface area contributed by atoms with Crippen LogP contribution >= 0.6 is 0 Å². The standard InChI is InChI=1S/C15H15F3N4O2/c1-9-20-21-12(24-9)8-22-7-6-19-14(23)13(22)10-4-2-3-5-11(10)15(16,17)18/h2-5,13H,6-8H2,1H3,(H,19,23). The summed E-state index contributed by atoms with van der Waals surface area (Å²) in [4.78, 5) is 13.9. The lowest BCUT2D eigenvalue weighted by Crippen LogP contribution is -2.50. The Morgan fingerprint density at radius 1 is 1.33 bits per heavy atom. The summed E-state index contributed by atoms with van der Waals surface area (Å²) in [6.45, 7) is 2.45. The predicted molar refractivity (Wildman–Crippen MR) is 76.6 cm³/mol. The van der Waals surface area contributed by atoms with E-state index >= 15 is 0 Å². The molecular weight excluding hydrogens is 325 g/mol. The highest BCUT2D eigenvalue weighted by atomic mass is 19.4. The van der Waals surface area contributed by atoms with E-state index in [9.17, 15) is 18.0 Å². The van der Waals surface area contributed by atoms with Gasteiger partial charge < -0.3 is 9.73 Å². The van der Waals surface area contributed by atoms with Crippen molar-refractivity contribution in [2.45, 2.75) is 25.7 Å². The van der Waals surface area contributed by atoms with Crippen LogP contribution in [0.5, 0.6) is 0 Å². The summed E-state index contributed by atoms with van der Waals surface area (Å²) in [5.74, 6) is 0.143. The van der Waals surface area contributed by atoms with E-state index in [1.807, 2.05) is 0 Å². The van der Waals surface area contributed by atoms with Gasteiger partial charge in [0.05, 0.1) is 12.1 Å². The number of alkyl halides is 3. The van der Waals surface area contributed by atoms with Gasteiger partial charge in [-0.3, -0.25) is 9.69 Å². The molecule has 3 rings (SSSR count). The first-order chi connectivity index (χ1) is 11.4. The molecule has 128 valence electrons. The Labute approximate surface area is 135 Å². The first kappa shape index (κ1) is 16.4. The topological polar surface area (TPSA) is 71.3 Å². The van der Waals surface area contributed by atoms with Gasteiger partial charge in [-0.15, -0.1) is 10.2 Å². The van der Waals surface area contributed by atoms with Gasteiger partial charge in [0.15, 0.2) is 0 Å². The summed E-state index contributed by atoms with van der Waals surface area (Å²) in [5.41, 5.74) is -0.905. The molecule has 0 saturated carbocycles. The highest BCUT2D eigenvalue weighted by Gasteiger charge is 2.40. The SMILES string of the molecule is Cc1nnc(CN2CCNC(=O)C2c2ccccc2C(F)(F)F)o1. The quantitative estimate of drug-likeness (QED) is 0.926. The lowest BCUT2D eigenvalue weighted by molar-refractivity contribution is -0.140. The van der Waals surface area contributed by atoms with Gasteiger partial charge in [-0.1, -0.05) is 18.2 Å². The average Bonchev–Trinajstić information content (AvgIpc) is 2.92. The van der Waals surface area contributed by atoms with Crippen LogP contribution in [0.4, 0.5) is 13.2 Å². The van der Waals surface area contributed by atoms with Gasteiger partial charge in [0.1, 0.15) is 6.04 Å². The largest absolute Gasteiger partial charge is 0.424 e.